The van der Waals surface area contributed by atoms with Crippen molar-refractivity contribution in [3.63, 3.8) is 0 Å². The third-order valence-corrected chi connectivity index (χ3v) is 17.3. The van der Waals surface area contributed by atoms with E-state index in [9.17, 15) is 43.2 Å². The molecule has 0 radical (unpaired) electrons. The molecule has 0 saturated heterocycles. The average molecular weight is 1270 g/mol. The van der Waals surface area contributed by atoms with Crippen LogP contribution in [0.2, 0.25) is 0 Å². The SMILES string of the molecule is CCCCCCCCCCCCCC(=O)O[C@H](COC(=O)CCCCCCCCC(C)C)COP(=O)(O)OC[C@H](O)COP(=O)(O)OC[C@@H](COC(=O)CCCCCCCCCCC(C)C)OC(=O)CCCCCCCCCCCCCCC(C)C. The Hall–Kier alpha value is -1.94. The molecule has 3 N–H and O–H groups in total. The number of phosphoric acid groups is 2. The van der Waals surface area contributed by atoms with Gasteiger partial charge in [0.25, 0.3) is 0 Å². The third kappa shape index (κ3) is 60.9. The second-order valence-electron chi connectivity index (χ2n) is 25.6. The largest absolute Gasteiger partial charge is 0.472 e. The van der Waals surface area contributed by atoms with Crippen LogP contribution in [0.1, 0.15) is 331 Å². The fourth-order valence-corrected chi connectivity index (χ4v) is 11.6. The van der Waals surface area contributed by atoms with Crippen LogP contribution >= 0.6 is 15.6 Å². The number of carbonyl (C=O) groups excluding carboxylic acids is 4. The fourth-order valence-electron chi connectivity index (χ4n) is 10.0. The minimum Gasteiger partial charge on any atom is -0.462 e. The van der Waals surface area contributed by atoms with Crippen LogP contribution in [0.5, 0.6) is 0 Å². The van der Waals surface area contributed by atoms with Crippen LogP contribution in [0.3, 0.4) is 0 Å². The van der Waals surface area contributed by atoms with Crippen molar-refractivity contribution in [2.24, 2.45) is 17.8 Å². The lowest BCUT2D eigenvalue weighted by Crippen LogP contribution is -2.30. The predicted molar refractivity (Wildman–Crippen MR) is 344 cm³/mol. The number of carbonyl (C=O) groups is 4. The Balaban J connectivity index is 5.24. The van der Waals surface area contributed by atoms with Crippen molar-refractivity contribution in [3.05, 3.63) is 0 Å². The van der Waals surface area contributed by atoms with E-state index in [4.69, 9.17) is 37.0 Å². The van der Waals surface area contributed by atoms with Gasteiger partial charge in [-0.1, -0.05) is 280 Å². The molecule has 0 aliphatic heterocycles. The molecule has 2 unspecified atom stereocenters. The van der Waals surface area contributed by atoms with E-state index >= 15 is 0 Å². The summed E-state index contributed by atoms with van der Waals surface area (Å²) < 4.78 is 68.1. The molecular formula is C67H130O17P2. The van der Waals surface area contributed by atoms with Gasteiger partial charge in [-0.05, 0) is 43.4 Å². The van der Waals surface area contributed by atoms with E-state index in [1.54, 1.807) is 0 Å². The highest BCUT2D eigenvalue weighted by molar-refractivity contribution is 7.47. The molecule has 0 aromatic heterocycles. The number of hydrogen-bond acceptors (Lipinski definition) is 15. The van der Waals surface area contributed by atoms with E-state index in [0.29, 0.717) is 31.6 Å². The number of unbranched alkanes of at least 4 members (excludes halogenated alkanes) is 33. The Morgan fingerprint density at radius 2 is 0.535 bits per heavy atom. The predicted octanol–water partition coefficient (Wildman–Crippen LogP) is 18.7. The zero-order valence-corrected chi connectivity index (χ0v) is 57.6. The fraction of sp³-hybridized carbons (Fsp3) is 0.940. The highest BCUT2D eigenvalue weighted by Crippen LogP contribution is 2.45. The third-order valence-electron chi connectivity index (χ3n) is 15.4. The van der Waals surface area contributed by atoms with Crippen LogP contribution in [0.4, 0.5) is 0 Å². The van der Waals surface area contributed by atoms with Gasteiger partial charge in [-0.3, -0.25) is 37.3 Å². The van der Waals surface area contributed by atoms with E-state index < -0.39 is 97.5 Å². The molecular weight excluding hydrogens is 1140 g/mol. The van der Waals surface area contributed by atoms with E-state index in [-0.39, 0.29) is 25.7 Å². The van der Waals surface area contributed by atoms with E-state index in [1.807, 2.05) is 0 Å². The van der Waals surface area contributed by atoms with Gasteiger partial charge < -0.3 is 33.8 Å². The van der Waals surface area contributed by atoms with Crippen molar-refractivity contribution in [1.82, 2.24) is 0 Å². The van der Waals surface area contributed by atoms with E-state index in [1.165, 1.54) is 135 Å². The Morgan fingerprint density at radius 3 is 0.791 bits per heavy atom. The van der Waals surface area contributed by atoms with Crippen molar-refractivity contribution in [2.75, 3.05) is 39.6 Å². The van der Waals surface area contributed by atoms with Gasteiger partial charge >= 0.3 is 39.5 Å². The van der Waals surface area contributed by atoms with Crippen molar-refractivity contribution in [1.29, 1.82) is 0 Å². The first kappa shape index (κ1) is 84.1. The molecule has 19 heteroatoms. The maximum absolute atomic E-state index is 13.0. The summed E-state index contributed by atoms with van der Waals surface area (Å²) in [5.74, 6) is 0.0504. The van der Waals surface area contributed by atoms with Crippen molar-refractivity contribution < 1.29 is 80.2 Å². The van der Waals surface area contributed by atoms with Gasteiger partial charge in [0.1, 0.15) is 19.3 Å². The molecule has 5 atom stereocenters. The summed E-state index contributed by atoms with van der Waals surface area (Å²) in [6.45, 7) is 11.7. The molecule has 0 saturated carbocycles. The van der Waals surface area contributed by atoms with Crippen LogP contribution in [-0.2, 0) is 65.4 Å². The number of aliphatic hydroxyl groups excluding tert-OH is 1. The summed E-state index contributed by atoms with van der Waals surface area (Å²) >= 11 is 0. The molecule has 17 nitrogen and oxygen atoms in total. The standard InChI is InChI=1S/C67H130O17P2/c1-8-9-10-11-12-13-16-20-27-36-43-50-66(71)84-63(55-78-65(70)49-42-35-30-29-33-40-47-60(6)7)57-82-86(75,76)80-53-61(68)52-79-85(73,74)81-56-62(54-77-64(69)48-41-34-26-23-22-25-32-39-46-59(4)5)83-67(72)51-44-37-28-21-18-15-14-17-19-24-31-38-45-58(2)3/h58-63,68H,8-57H2,1-7H3,(H,73,74)(H,75,76)/t61-,62-,63-/m1/s1. The van der Waals surface area contributed by atoms with Gasteiger partial charge in [0.2, 0.25) is 0 Å². The smallest absolute Gasteiger partial charge is 0.462 e. The van der Waals surface area contributed by atoms with Gasteiger partial charge in [0.05, 0.1) is 26.4 Å². The van der Waals surface area contributed by atoms with Crippen LogP contribution in [0.25, 0.3) is 0 Å². The van der Waals surface area contributed by atoms with Crippen molar-refractivity contribution in [3.8, 4) is 0 Å². The Bertz CT molecular complexity index is 1700. The highest BCUT2D eigenvalue weighted by atomic mass is 31.2. The van der Waals surface area contributed by atoms with Crippen LogP contribution in [-0.4, -0.2) is 96.7 Å². The van der Waals surface area contributed by atoms with Gasteiger partial charge in [-0.2, -0.15) is 0 Å². The van der Waals surface area contributed by atoms with Crippen LogP contribution < -0.4 is 0 Å². The highest BCUT2D eigenvalue weighted by Gasteiger charge is 2.30. The molecule has 86 heavy (non-hydrogen) atoms. The van der Waals surface area contributed by atoms with Crippen molar-refractivity contribution in [2.45, 2.75) is 349 Å². The van der Waals surface area contributed by atoms with Gasteiger partial charge in [-0.15, -0.1) is 0 Å². The van der Waals surface area contributed by atoms with Gasteiger partial charge in [0, 0.05) is 25.7 Å². The summed E-state index contributed by atoms with van der Waals surface area (Å²) in [4.78, 5) is 72.3. The summed E-state index contributed by atoms with van der Waals surface area (Å²) in [5, 5.41) is 10.6. The van der Waals surface area contributed by atoms with Crippen LogP contribution in [0, 0.1) is 17.8 Å². The number of phosphoric ester groups is 2. The molecule has 0 heterocycles. The number of hydrogen-bond donors (Lipinski definition) is 3. The topological polar surface area (TPSA) is 237 Å². The first-order chi connectivity index (χ1) is 41.2. The average Bonchev–Trinajstić information content (AvgIpc) is 3.68. The number of ether oxygens (including phenoxy) is 4. The monoisotopic (exact) mass is 1270 g/mol. The number of esters is 4. The second-order valence-corrected chi connectivity index (χ2v) is 28.5. The lowest BCUT2D eigenvalue weighted by Gasteiger charge is -2.21. The summed E-state index contributed by atoms with van der Waals surface area (Å²) in [6.07, 6.45) is 40.4. The molecule has 0 spiro atoms. The zero-order chi connectivity index (χ0) is 63.8. The normalized spacial score (nSPS) is 14.3. The molecule has 0 amide bonds. The molecule has 0 bridgehead atoms. The quantitative estimate of drug-likeness (QED) is 0.0222. The Kier molecular flexibility index (Phi) is 56.9. The molecule has 0 rings (SSSR count). The molecule has 0 aromatic carbocycles. The lowest BCUT2D eigenvalue weighted by atomic mass is 10.0. The summed E-state index contributed by atoms with van der Waals surface area (Å²) in [7, 11) is -9.89. The number of aliphatic hydroxyl groups is 1. The maximum atomic E-state index is 13.0. The molecule has 0 aromatic rings. The van der Waals surface area contributed by atoms with E-state index in [0.717, 1.165) is 108 Å². The lowest BCUT2D eigenvalue weighted by molar-refractivity contribution is -0.161. The maximum Gasteiger partial charge on any atom is 0.472 e. The van der Waals surface area contributed by atoms with Crippen molar-refractivity contribution >= 4 is 39.5 Å². The summed E-state index contributed by atoms with van der Waals surface area (Å²) in [6, 6.07) is 0. The molecule has 510 valence electrons. The number of rotatable bonds is 65. The van der Waals surface area contributed by atoms with Gasteiger partial charge in [0.15, 0.2) is 12.2 Å². The minimum absolute atomic E-state index is 0.105. The second kappa shape index (κ2) is 58.2. The molecule has 0 fully saturated rings. The summed E-state index contributed by atoms with van der Waals surface area (Å²) in [5.41, 5.74) is 0. The molecule has 0 aliphatic carbocycles. The minimum atomic E-state index is -4.95. The Morgan fingerprint density at radius 1 is 0.314 bits per heavy atom. The first-order valence-corrected chi connectivity index (χ1v) is 37.8. The van der Waals surface area contributed by atoms with Crippen LogP contribution in [0.15, 0.2) is 0 Å². The first-order valence-electron chi connectivity index (χ1n) is 34.8. The van der Waals surface area contributed by atoms with E-state index in [2.05, 4.69) is 48.5 Å². The molecule has 0 aliphatic rings. The van der Waals surface area contributed by atoms with Gasteiger partial charge in [-0.25, -0.2) is 9.13 Å². The Labute approximate surface area is 524 Å². The zero-order valence-electron chi connectivity index (χ0n) is 55.8.